The van der Waals surface area contributed by atoms with Crippen molar-refractivity contribution in [2.45, 2.75) is 13.5 Å². The molecule has 5 nitrogen and oxygen atoms in total. The third-order valence-electron chi connectivity index (χ3n) is 4.00. The van der Waals surface area contributed by atoms with Crippen LogP contribution in [0.25, 0.3) is 0 Å². The lowest BCUT2D eigenvalue weighted by atomic mass is 10.1. The normalized spacial score (nSPS) is 10.2. The van der Waals surface area contributed by atoms with E-state index < -0.39 is 0 Å². The van der Waals surface area contributed by atoms with Crippen LogP contribution in [-0.2, 0) is 11.4 Å². The van der Waals surface area contributed by atoms with Crippen molar-refractivity contribution < 1.29 is 19.1 Å². The number of hydrogen-bond acceptors (Lipinski definition) is 4. The Morgan fingerprint density at radius 2 is 1.57 bits per heavy atom. The average molecular weight is 375 g/mol. The maximum atomic E-state index is 12.1. The van der Waals surface area contributed by atoms with Gasteiger partial charge in [0, 0.05) is 11.3 Å². The number of Topliss-reactive ketones (excluding diaryl/α,β-unsaturated/α-hetero) is 1. The summed E-state index contributed by atoms with van der Waals surface area (Å²) in [5.41, 5.74) is 2.29. The highest BCUT2D eigenvalue weighted by Crippen LogP contribution is 2.18. The summed E-state index contributed by atoms with van der Waals surface area (Å²) < 4.78 is 11.2. The van der Waals surface area contributed by atoms with E-state index in [4.69, 9.17) is 9.47 Å². The highest BCUT2D eigenvalue weighted by atomic mass is 16.5. The van der Waals surface area contributed by atoms with Gasteiger partial charge in [0.2, 0.25) is 0 Å². The summed E-state index contributed by atoms with van der Waals surface area (Å²) in [7, 11) is 0. The topological polar surface area (TPSA) is 64.6 Å². The fraction of sp³-hybridized carbons (Fsp3) is 0.130. The molecular formula is C23H21NO4. The van der Waals surface area contributed by atoms with Crippen LogP contribution in [0.1, 0.15) is 22.8 Å². The lowest BCUT2D eigenvalue weighted by Gasteiger charge is -2.10. The van der Waals surface area contributed by atoms with Crippen LogP contribution in [0.15, 0.2) is 78.9 Å². The van der Waals surface area contributed by atoms with E-state index in [2.05, 4.69) is 5.32 Å². The molecule has 0 saturated heterocycles. The van der Waals surface area contributed by atoms with Gasteiger partial charge in [-0.3, -0.25) is 9.59 Å². The van der Waals surface area contributed by atoms with Crippen molar-refractivity contribution >= 4 is 17.4 Å². The molecule has 0 aliphatic heterocycles. The molecule has 0 aromatic heterocycles. The van der Waals surface area contributed by atoms with E-state index in [1.807, 2.05) is 30.3 Å². The van der Waals surface area contributed by atoms with Gasteiger partial charge in [0.1, 0.15) is 18.1 Å². The lowest BCUT2D eigenvalue weighted by molar-refractivity contribution is -0.118. The third-order valence-corrected chi connectivity index (χ3v) is 4.00. The van der Waals surface area contributed by atoms with Crippen LogP contribution < -0.4 is 14.8 Å². The molecule has 0 aliphatic rings. The van der Waals surface area contributed by atoms with E-state index in [1.165, 1.54) is 6.92 Å². The summed E-state index contributed by atoms with van der Waals surface area (Å²) in [6.07, 6.45) is 0. The fourth-order valence-electron chi connectivity index (χ4n) is 2.53. The summed E-state index contributed by atoms with van der Waals surface area (Å²) in [5.74, 6) is 0.863. The summed E-state index contributed by atoms with van der Waals surface area (Å²) in [4.78, 5) is 23.5. The van der Waals surface area contributed by atoms with Crippen molar-refractivity contribution in [1.82, 2.24) is 0 Å². The summed E-state index contributed by atoms with van der Waals surface area (Å²) >= 11 is 0. The minimum atomic E-state index is -0.286. The number of amides is 1. The van der Waals surface area contributed by atoms with Crippen molar-refractivity contribution in [2.75, 3.05) is 11.9 Å². The van der Waals surface area contributed by atoms with Gasteiger partial charge in [-0.15, -0.1) is 0 Å². The van der Waals surface area contributed by atoms with Crippen LogP contribution in [0.3, 0.4) is 0 Å². The number of ketones is 1. The fourth-order valence-corrected chi connectivity index (χ4v) is 2.53. The van der Waals surface area contributed by atoms with Crippen molar-refractivity contribution in [1.29, 1.82) is 0 Å². The molecule has 0 fully saturated rings. The first-order valence-electron chi connectivity index (χ1n) is 8.90. The second-order valence-electron chi connectivity index (χ2n) is 6.22. The number of carbonyl (C=O) groups excluding carboxylic acids is 2. The first-order chi connectivity index (χ1) is 13.6. The van der Waals surface area contributed by atoms with Gasteiger partial charge < -0.3 is 14.8 Å². The smallest absolute Gasteiger partial charge is 0.262 e. The minimum Gasteiger partial charge on any atom is -0.489 e. The quantitative estimate of drug-likeness (QED) is 0.590. The van der Waals surface area contributed by atoms with Gasteiger partial charge in [0.05, 0.1) is 0 Å². The second-order valence-corrected chi connectivity index (χ2v) is 6.22. The number of benzene rings is 3. The van der Waals surface area contributed by atoms with Gasteiger partial charge in [-0.1, -0.05) is 42.5 Å². The van der Waals surface area contributed by atoms with E-state index in [-0.39, 0.29) is 18.3 Å². The Labute approximate surface area is 163 Å². The number of nitrogens with one attached hydrogen (secondary N) is 1. The Bertz CT molecular complexity index is 936. The molecule has 0 atom stereocenters. The largest absolute Gasteiger partial charge is 0.489 e. The molecule has 1 N–H and O–H groups in total. The number of hydrogen-bond donors (Lipinski definition) is 1. The van der Waals surface area contributed by atoms with Crippen LogP contribution in [0.4, 0.5) is 5.69 Å². The van der Waals surface area contributed by atoms with Crippen molar-refractivity contribution in [2.24, 2.45) is 0 Å². The van der Waals surface area contributed by atoms with Crippen LogP contribution >= 0.6 is 0 Å². The molecule has 0 radical (unpaired) electrons. The highest BCUT2D eigenvalue weighted by Gasteiger charge is 2.06. The first-order valence-corrected chi connectivity index (χ1v) is 8.90. The Morgan fingerprint density at radius 1 is 0.821 bits per heavy atom. The molecule has 3 rings (SSSR count). The SMILES string of the molecule is CC(=O)c1cccc(OCC(=O)Nc2ccc(OCc3ccccc3)cc2)c1. The van der Waals surface area contributed by atoms with Crippen molar-refractivity contribution in [3.8, 4) is 11.5 Å². The molecular weight excluding hydrogens is 354 g/mol. The van der Waals surface area contributed by atoms with Crippen molar-refractivity contribution in [3.63, 3.8) is 0 Å². The second kappa shape index (κ2) is 9.37. The van der Waals surface area contributed by atoms with E-state index in [9.17, 15) is 9.59 Å². The Balaban J connectivity index is 1.47. The van der Waals surface area contributed by atoms with Crippen LogP contribution in [0, 0.1) is 0 Å². The van der Waals surface area contributed by atoms with Gasteiger partial charge in [-0.2, -0.15) is 0 Å². The van der Waals surface area contributed by atoms with Crippen LogP contribution in [0.5, 0.6) is 11.5 Å². The average Bonchev–Trinajstić information content (AvgIpc) is 2.73. The van der Waals surface area contributed by atoms with E-state index in [1.54, 1.807) is 48.5 Å². The molecule has 3 aromatic carbocycles. The maximum Gasteiger partial charge on any atom is 0.262 e. The third kappa shape index (κ3) is 5.71. The Morgan fingerprint density at radius 3 is 2.29 bits per heavy atom. The van der Waals surface area contributed by atoms with Gasteiger partial charge in [0.15, 0.2) is 12.4 Å². The maximum absolute atomic E-state index is 12.1. The molecule has 28 heavy (non-hydrogen) atoms. The zero-order valence-electron chi connectivity index (χ0n) is 15.6. The number of ether oxygens (including phenoxy) is 2. The van der Waals surface area contributed by atoms with Gasteiger partial charge in [0.25, 0.3) is 5.91 Å². The predicted molar refractivity (Wildman–Crippen MR) is 108 cm³/mol. The highest BCUT2D eigenvalue weighted by molar-refractivity contribution is 5.94. The van der Waals surface area contributed by atoms with Gasteiger partial charge >= 0.3 is 0 Å². The monoisotopic (exact) mass is 375 g/mol. The van der Waals surface area contributed by atoms with E-state index in [0.717, 1.165) is 11.3 Å². The molecule has 1 amide bonds. The molecule has 5 heteroatoms. The van der Waals surface area contributed by atoms with E-state index >= 15 is 0 Å². The predicted octanol–water partition coefficient (Wildman–Crippen LogP) is 4.49. The molecule has 0 unspecified atom stereocenters. The number of rotatable bonds is 8. The summed E-state index contributed by atoms with van der Waals surface area (Å²) in [6.45, 7) is 1.83. The van der Waals surface area contributed by atoms with Gasteiger partial charge in [-0.05, 0) is 48.9 Å². The molecule has 0 aliphatic carbocycles. The van der Waals surface area contributed by atoms with Crippen LogP contribution in [0.2, 0.25) is 0 Å². The number of carbonyl (C=O) groups is 2. The standard InChI is InChI=1S/C23H21NO4/c1-17(25)19-8-5-9-22(14-19)28-16-23(26)24-20-10-12-21(13-11-20)27-15-18-6-3-2-4-7-18/h2-14H,15-16H2,1H3,(H,24,26). The lowest BCUT2D eigenvalue weighted by Crippen LogP contribution is -2.20. The minimum absolute atomic E-state index is 0.0514. The van der Waals surface area contributed by atoms with Crippen LogP contribution in [-0.4, -0.2) is 18.3 Å². The zero-order valence-corrected chi connectivity index (χ0v) is 15.6. The molecule has 142 valence electrons. The zero-order chi connectivity index (χ0) is 19.8. The molecule has 0 bridgehead atoms. The van der Waals surface area contributed by atoms with Crippen molar-refractivity contribution in [3.05, 3.63) is 90.0 Å². The first kappa shape index (κ1) is 19.2. The Hall–Kier alpha value is -3.60. The molecule has 0 heterocycles. The summed E-state index contributed by atoms with van der Waals surface area (Å²) in [6, 6.07) is 23.8. The summed E-state index contributed by atoms with van der Waals surface area (Å²) in [5, 5.41) is 2.76. The van der Waals surface area contributed by atoms with E-state index in [0.29, 0.717) is 23.6 Å². The molecule has 0 spiro atoms. The molecule has 3 aromatic rings. The Kier molecular flexibility index (Phi) is 6.41. The number of anilines is 1. The molecule has 0 saturated carbocycles. The van der Waals surface area contributed by atoms with Gasteiger partial charge in [-0.25, -0.2) is 0 Å².